The molecule has 0 aliphatic carbocycles. The molecule has 18 heavy (non-hydrogen) atoms. The summed E-state index contributed by atoms with van der Waals surface area (Å²) >= 11 is 3.34. The number of nitrogens with zero attached hydrogens (tertiary/aromatic N) is 1. The highest BCUT2D eigenvalue weighted by Gasteiger charge is 2.14. The first kappa shape index (κ1) is 15.2. The summed E-state index contributed by atoms with van der Waals surface area (Å²) in [6.07, 6.45) is -0.101. The summed E-state index contributed by atoms with van der Waals surface area (Å²) in [4.78, 5) is 14.1. The van der Waals surface area contributed by atoms with Crippen LogP contribution in [0.3, 0.4) is 0 Å². The molecule has 3 nitrogen and oxygen atoms in total. The first-order valence-electron chi connectivity index (χ1n) is 6.25. The van der Waals surface area contributed by atoms with Crippen LogP contribution in [0.25, 0.3) is 0 Å². The first-order valence-corrected chi connectivity index (χ1v) is 7.05. The second-order valence-corrected chi connectivity index (χ2v) is 5.13. The zero-order valence-corrected chi connectivity index (χ0v) is 12.7. The number of carbonyl (C=O) groups is 1. The maximum atomic E-state index is 11.9. The summed E-state index contributed by atoms with van der Waals surface area (Å²) < 4.78 is 6.31. The number of hydrogen-bond donors (Lipinski definition) is 0. The number of esters is 1. The minimum Gasteiger partial charge on any atom is -0.458 e. The summed E-state index contributed by atoms with van der Waals surface area (Å²) in [5, 5.41) is 0. The van der Waals surface area contributed by atoms with Gasteiger partial charge in [0.1, 0.15) is 6.10 Å². The monoisotopic (exact) mass is 313 g/mol. The molecule has 0 N–H and O–H groups in total. The van der Waals surface area contributed by atoms with Crippen molar-refractivity contribution in [1.82, 2.24) is 4.90 Å². The van der Waals surface area contributed by atoms with Crippen LogP contribution in [-0.4, -0.2) is 36.6 Å². The van der Waals surface area contributed by atoms with Gasteiger partial charge in [-0.05, 0) is 38.2 Å². The van der Waals surface area contributed by atoms with Gasteiger partial charge in [0.05, 0.1) is 5.56 Å². The lowest BCUT2D eigenvalue weighted by molar-refractivity contribution is 0.0260. The highest BCUT2D eigenvalue weighted by atomic mass is 79.9. The van der Waals surface area contributed by atoms with E-state index in [1.807, 2.05) is 19.1 Å². The van der Waals surface area contributed by atoms with E-state index in [9.17, 15) is 4.79 Å². The van der Waals surface area contributed by atoms with E-state index in [-0.39, 0.29) is 12.1 Å². The summed E-state index contributed by atoms with van der Waals surface area (Å²) in [7, 11) is 0. The van der Waals surface area contributed by atoms with Crippen molar-refractivity contribution in [1.29, 1.82) is 0 Å². The molecule has 1 aromatic carbocycles. The molecule has 0 radical (unpaired) electrons. The molecule has 0 aliphatic heterocycles. The lowest BCUT2D eigenvalue weighted by Crippen LogP contribution is -2.33. The smallest absolute Gasteiger partial charge is 0.338 e. The first-order chi connectivity index (χ1) is 8.56. The number of likely N-dealkylation sites (N-methyl/N-ethyl adjacent to an activating group) is 1. The molecule has 100 valence electrons. The predicted octanol–water partition coefficient (Wildman–Crippen LogP) is 3.34. The summed E-state index contributed by atoms with van der Waals surface area (Å²) in [6.45, 7) is 8.84. The molecule has 0 heterocycles. The van der Waals surface area contributed by atoms with E-state index in [0.29, 0.717) is 5.56 Å². The Kier molecular flexibility index (Phi) is 6.36. The summed E-state index contributed by atoms with van der Waals surface area (Å²) in [6, 6.07) is 7.25. The Labute approximate surface area is 117 Å². The third-order valence-electron chi connectivity index (χ3n) is 2.78. The zero-order valence-electron chi connectivity index (χ0n) is 11.1. The van der Waals surface area contributed by atoms with Crippen molar-refractivity contribution in [2.24, 2.45) is 0 Å². The van der Waals surface area contributed by atoms with E-state index in [2.05, 4.69) is 34.7 Å². The number of rotatable bonds is 6. The number of hydrogen-bond acceptors (Lipinski definition) is 3. The Morgan fingerprint density at radius 3 is 2.61 bits per heavy atom. The van der Waals surface area contributed by atoms with E-state index < -0.39 is 0 Å². The molecular formula is C14H20BrNO2. The van der Waals surface area contributed by atoms with Gasteiger partial charge in [-0.3, -0.25) is 0 Å². The second kappa shape index (κ2) is 7.54. The quantitative estimate of drug-likeness (QED) is 0.754. The Morgan fingerprint density at radius 1 is 1.39 bits per heavy atom. The molecule has 1 aromatic rings. The number of halogens is 1. The lowest BCUT2D eigenvalue weighted by Gasteiger charge is -2.22. The van der Waals surface area contributed by atoms with E-state index in [1.54, 1.807) is 12.1 Å². The van der Waals surface area contributed by atoms with E-state index in [4.69, 9.17) is 4.74 Å². The van der Waals surface area contributed by atoms with Gasteiger partial charge in [-0.15, -0.1) is 0 Å². The fourth-order valence-corrected chi connectivity index (χ4v) is 2.15. The van der Waals surface area contributed by atoms with Gasteiger partial charge >= 0.3 is 5.97 Å². The minimum atomic E-state index is -0.268. The van der Waals surface area contributed by atoms with Gasteiger partial charge in [0, 0.05) is 11.0 Å². The van der Waals surface area contributed by atoms with Crippen molar-refractivity contribution in [2.45, 2.75) is 26.9 Å². The largest absolute Gasteiger partial charge is 0.458 e. The molecule has 1 unspecified atom stereocenters. The normalized spacial score (nSPS) is 12.5. The Hall–Kier alpha value is -0.870. The SMILES string of the molecule is CCN(CC)CC(C)OC(=O)c1cccc(Br)c1. The molecule has 0 amide bonds. The molecule has 4 heteroatoms. The molecule has 0 saturated heterocycles. The number of benzene rings is 1. The van der Waals surface area contributed by atoms with E-state index in [0.717, 1.165) is 24.1 Å². The highest BCUT2D eigenvalue weighted by molar-refractivity contribution is 9.10. The van der Waals surface area contributed by atoms with E-state index >= 15 is 0 Å². The van der Waals surface area contributed by atoms with Gasteiger partial charge in [-0.1, -0.05) is 35.8 Å². The maximum Gasteiger partial charge on any atom is 0.338 e. The number of carbonyl (C=O) groups excluding carboxylic acids is 1. The Morgan fingerprint density at radius 2 is 2.06 bits per heavy atom. The molecular weight excluding hydrogens is 294 g/mol. The predicted molar refractivity (Wildman–Crippen MR) is 76.8 cm³/mol. The zero-order chi connectivity index (χ0) is 13.5. The van der Waals surface area contributed by atoms with Gasteiger partial charge in [0.2, 0.25) is 0 Å². The molecule has 1 atom stereocenters. The highest BCUT2D eigenvalue weighted by Crippen LogP contribution is 2.13. The lowest BCUT2D eigenvalue weighted by atomic mass is 10.2. The Balaban J connectivity index is 2.54. The third-order valence-corrected chi connectivity index (χ3v) is 3.27. The maximum absolute atomic E-state index is 11.9. The molecule has 1 rings (SSSR count). The van der Waals surface area contributed by atoms with E-state index in [1.165, 1.54) is 0 Å². The second-order valence-electron chi connectivity index (χ2n) is 4.21. The van der Waals surface area contributed by atoms with Crippen LogP contribution < -0.4 is 0 Å². The van der Waals surface area contributed by atoms with Crippen LogP contribution in [0.1, 0.15) is 31.1 Å². The van der Waals surface area contributed by atoms with Crippen LogP contribution in [0.2, 0.25) is 0 Å². The molecule has 0 aliphatic rings. The number of ether oxygens (including phenoxy) is 1. The third kappa shape index (κ3) is 4.78. The van der Waals surface area contributed by atoms with Crippen molar-refractivity contribution in [3.8, 4) is 0 Å². The fraction of sp³-hybridized carbons (Fsp3) is 0.500. The van der Waals surface area contributed by atoms with Crippen LogP contribution in [-0.2, 0) is 4.74 Å². The van der Waals surface area contributed by atoms with Gasteiger partial charge in [0.25, 0.3) is 0 Å². The van der Waals surface area contributed by atoms with Crippen LogP contribution in [0, 0.1) is 0 Å². The standard InChI is InChI=1S/C14H20BrNO2/c1-4-16(5-2)10-11(3)18-14(17)12-7-6-8-13(15)9-12/h6-9,11H,4-5,10H2,1-3H3. The van der Waals surface area contributed by atoms with Crippen molar-refractivity contribution in [3.05, 3.63) is 34.3 Å². The molecule has 0 bridgehead atoms. The van der Waals surface area contributed by atoms with Crippen molar-refractivity contribution >= 4 is 21.9 Å². The van der Waals surface area contributed by atoms with Crippen LogP contribution >= 0.6 is 15.9 Å². The van der Waals surface area contributed by atoms with Crippen molar-refractivity contribution in [2.75, 3.05) is 19.6 Å². The van der Waals surface area contributed by atoms with Gasteiger partial charge in [-0.2, -0.15) is 0 Å². The fourth-order valence-electron chi connectivity index (χ4n) is 1.75. The average Bonchev–Trinajstić information content (AvgIpc) is 2.35. The molecule has 0 fully saturated rings. The van der Waals surface area contributed by atoms with Gasteiger partial charge in [0.15, 0.2) is 0 Å². The summed E-state index contributed by atoms with van der Waals surface area (Å²) in [5.41, 5.74) is 0.579. The summed E-state index contributed by atoms with van der Waals surface area (Å²) in [5.74, 6) is -0.268. The molecule has 0 saturated carbocycles. The van der Waals surface area contributed by atoms with Gasteiger partial charge in [-0.25, -0.2) is 4.79 Å². The van der Waals surface area contributed by atoms with Crippen LogP contribution in [0.5, 0.6) is 0 Å². The molecule has 0 spiro atoms. The van der Waals surface area contributed by atoms with Crippen LogP contribution in [0.15, 0.2) is 28.7 Å². The van der Waals surface area contributed by atoms with Gasteiger partial charge < -0.3 is 9.64 Å². The minimum absolute atomic E-state index is 0.101. The average molecular weight is 314 g/mol. The van der Waals surface area contributed by atoms with Crippen LogP contribution in [0.4, 0.5) is 0 Å². The van der Waals surface area contributed by atoms with Crippen molar-refractivity contribution in [3.63, 3.8) is 0 Å². The van der Waals surface area contributed by atoms with Crippen molar-refractivity contribution < 1.29 is 9.53 Å². The topological polar surface area (TPSA) is 29.5 Å². The molecule has 0 aromatic heterocycles. The Bertz CT molecular complexity index is 391.